The largest absolute Gasteiger partial charge is 0.382 e. The molecule has 9 heteroatoms. The van der Waals surface area contributed by atoms with Crippen LogP contribution in [0.4, 0.5) is 10.1 Å². The van der Waals surface area contributed by atoms with Crippen LogP contribution in [-0.4, -0.2) is 50.1 Å². The van der Waals surface area contributed by atoms with Crippen LogP contribution in [0.2, 0.25) is 0 Å². The van der Waals surface area contributed by atoms with E-state index in [2.05, 4.69) is 10.6 Å². The minimum Gasteiger partial charge on any atom is -0.382 e. The predicted octanol–water partition coefficient (Wildman–Crippen LogP) is 2.78. The number of nitrogens with one attached hydrogen (secondary N) is 2. The molecule has 2 amide bonds. The SMILES string of the molecule is COCC1(NC(=O)C(=O)c2sc(C)c(C(=O)Nc3ccc(F)c(C)c3)c2C)COC1. The Labute approximate surface area is 177 Å². The van der Waals surface area contributed by atoms with Crippen molar-refractivity contribution in [2.24, 2.45) is 0 Å². The van der Waals surface area contributed by atoms with E-state index in [4.69, 9.17) is 9.47 Å². The summed E-state index contributed by atoms with van der Waals surface area (Å²) in [5, 5.41) is 5.42. The fourth-order valence-electron chi connectivity index (χ4n) is 3.34. The van der Waals surface area contributed by atoms with Gasteiger partial charge in [0.25, 0.3) is 17.6 Å². The topological polar surface area (TPSA) is 93.7 Å². The van der Waals surface area contributed by atoms with Gasteiger partial charge in [-0.2, -0.15) is 0 Å². The van der Waals surface area contributed by atoms with Crippen LogP contribution in [0.1, 0.15) is 36.0 Å². The molecule has 0 aliphatic carbocycles. The Bertz CT molecular complexity index is 1010. The number of halogens is 1. The molecule has 3 rings (SSSR count). The smallest absolute Gasteiger partial charge is 0.293 e. The number of carbonyl (C=O) groups is 3. The molecular formula is C21H23FN2O5S. The van der Waals surface area contributed by atoms with Gasteiger partial charge in [0.15, 0.2) is 0 Å². The summed E-state index contributed by atoms with van der Waals surface area (Å²) in [4.78, 5) is 38.9. The van der Waals surface area contributed by atoms with Gasteiger partial charge in [0.1, 0.15) is 11.4 Å². The predicted molar refractivity (Wildman–Crippen MR) is 111 cm³/mol. The number of anilines is 1. The standard InChI is InChI=1S/C21H23FN2O5S/c1-11-7-14(5-6-15(11)22)23-19(26)16-12(2)18(30-13(16)3)17(25)20(27)24-21(8-28-4)9-29-10-21/h5-7H,8-10H2,1-4H3,(H,23,26)(H,24,27). The molecule has 160 valence electrons. The molecule has 2 aromatic rings. The molecule has 30 heavy (non-hydrogen) atoms. The van der Waals surface area contributed by atoms with Crippen molar-refractivity contribution in [2.75, 3.05) is 32.2 Å². The summed E-state index contributed by atoms with van der Waals surface area (Å²) in [5.41, 5.74) is 0.906. The van der Waals surface area contributed by atoms with E-state index in [1.165, 1.54) is 25.3 Å². The third-order valence-corrected chi connectivity index (χ3v) is 6.14. The Hall–Kier alpha value is -2.62. The van der Waals surface area contributed by atoms with Gasteiger partial charge < -0.3 is 20.1 Å². The maximum Gasteiger partial charge on any atom is 0.293 e. The van der Waals surface area contributed by atoms with Gasteiger partial charge in [-0.15, -0.1) is 11.3 Å². The van der Waals surface area contributed by atoms with E-state index in [0.29, 0.717) is 27.3 Å². The fourth-order valence-corrected chi connectivity index (χ4v) is 4.43. The van der Waals surface area contributed by atoms with Crippen molar-refractivity contribution in [2.45, 2.75) is 26.3 Å². The van der Waals surface area contributed by atoms with Gasteiger partial charge in [0.2, 0.25) is 0 Å². The number of rotatable bonds is 7. The first kappa shape index (κ1) is 22.1. The summed E-state index contributed by atoms with van der Waals surface area (Å²) in [5.74, 6) is -2.26. The molecule has 2 heterocycles. The summed E-state index contributed by atoms with van der Waals surface area (Å²) in [7, 11) is 1.51. The van der Waals surface area contributed by atoms with Gasteiger partial charge in [-0.05, 0) is 50.1 Å². The molecule has 0 radical (unpaired) electrons. The minimum absolute atomic E-state index is 0.207. The van der Waals surface area contributed by atoms with Gasteiger partial charge in [-0.3, -0.25) is 14.4 Å². The van der Waals surface area contributed by atoms with Gasteiger partial charge in [-0.1, -0.05) is 0 Å². The molecule has 1 aromatic heterocycles. The summed E-state index contributed by atoms with van der Waals surface area (Å²) in [6, 6.07) is 4.27. The molecule has 1 fully saturated rings. The number of thiophene rings is 1. The molecule has 1 aliphatic heterocycles. The number of hydrogen-bond donors (Lipinski definition) is 2. The number of benzene rings is 1. The van der Waals surface area contributed by atoms with E-state index in [-0.39, 0.29) is 30.5 Å². The third kappa shape index (κ3) is 4.28. The van der Waals surface area contributed by atoms with E-state index in [1.807, 2.05) is 0 Å². The number of methoxy groups -OCH3 is 1. The number of amides is 2. The van der Waals surface area contributed by atoms with Gasteiger partial charge in [0, 0.05) is 17.7 Å². The van der Waals surface area contributed by atoms with Crippen LogP contribution in [0.3, 0.4) is 0 Å². The highest BCUT2D eigenvalue weighted by molar-refractivity contribution is 7.15. The van der Waals surface area contributed by atoms with Crippen molar-refractivity contribution in [1.82, 2.24) is 5.32 Å². The molecule has 2 N–H and O–H groups in total. The second-order valence-corrected chi connectivity index (χ2v) is 8.62. The average Bonchev–Trinajstić information content (AvgIpc) is 2.96. The molecule has 7 nitrogen and oxygen atoms in total. The quantitative estimate of drug-likeness (QED) is 0.516. The summed E-state index contributed by atoms with van der Waals surface area (Å²) in [6.07, 6.45) is 0. The minimum atomic E-state index is -0.763. The molecular weight excluding hydrogens is 411 g/mol. The first-order chi connectivity index (χ1) is 14.2. The summed E-state index contributed by atoms with van der Waals surface area (Å²) >= 11 is 1.09. The molecule has 0 saturated carbocycles. The van der Waals surface area contributed by atoms with Crippen molar-refractivity contribution >= 4 is 34.6 Å². The third-order valence-electron chi connectivity index (χ3n) is 4.93. The lowest BCUT2D eigenvalue weighted by atomic mass is 9.98. The Morgan fingerprint density at radius 1 is 1.23 bits per heavy atom. The van der Waals surface area contributed by atoms with E-state index >= 15 is 0 Å². The number of ether oxygens (including phenoxy) is 2. The highest BCUT2D eigenvalue weighted by Gasteiger charge is 2.42. The van der Waals surface area contributed by atoms with Crippen LogP contribution in [0.5, 0.6) is 0 Å². The number of aryl methyl sites for hydroxylation is 2. The fraction of sp³-hybridized carbons (Fsp3) is 0.381. The molecule has 0 unspecified atom stereocenters. The zero-order valence-electron chi connectivity index (χ0n) is 17.2. The van der Waals surface area contributed by atoms with E-state index < -0.39 is 23.1 Å². The molecule has 0 spiro atoms. The second-order valence-electron chi connectivity index (χ2n) is 7.39. The monoisotopic (exact) mass is 434 g/mol. The van der Waals surface area contributed by atoms with Crippen molar-refractivity contribution in [3.05, 3.63) is 50.5 Å². The van der Waals surface area contributed by atoms with E-state index in [9.17, 15) is 18.8 Å². The zero-order chi connectivity index (χ0) is 22.1. The highest BCUT2D eigenvalue weighted by atomic mass is 32.1. The lowest BCUT2D eigenvalue weighted by molar-refractivity contribution is -0.135. The van der Waals surface area contributed by atoms with Crippen LogP contribution >= 0.6 is 11.3 Å². The van der Waals surface area contributed by atoms with Crippen LogP contribution < -0.4 is 10.6 Å². The van der Waals surface area contributed by atoms with Crippen molar-refractivity contribution in [3.63, 3.8) is 0 Å². The molecule has 0 atom stereocenters. The normalized spacial score (nSPS) is 14.7. The number of carbonyl (C=O) groups excluding carboxylic acids is 3. The van der Waals surface area contributed by atoms with Crippen LogP contribution in [0.25, 0.3) is 0 Å². The summed E-state index contributed by atoms with van der Waals surface area (Å²) in [6.45, 7) is 5.72. The van der Waals surface area contributed by atoms with E-state index in [0.717, 1.165) is 11.3 Å². The van der Waals surface area contributed by atoms with Crippen LogP contribution in [0.15, 0.2) is 18.2 Å². The number of ketones is 1. The average molecular weight is 434 g/mol. The van der Waals surface area contributed by atoms with Gasteiger partial charge in [-0.25, -0.2) is 4.39 Å². The van der Waals surface area contributed by atoms with Gasteiger partial charge in [0.05, 0.1) is 30.3 Å². The maximum atomic E-state index is 13.4. The Morgan fingerprint density at radius 2 is 1.93 bits per heavy atom. The number of hydrogen-bond acceptors (Lipinski definition) is 6. The van der Waals surface area contributed by atoms with Crippen LogP contribution in [0, 0.1) is 26.6 Å². The Kier molecular flexibility index (Phi) is 6.35. The lowest BCUT2D eigenvalue weighted by Crippen LogP contribution is -2.65. The second kappa shape index (κ2) is 8.63. The summed E-state index contributed by atoms with van der Waals surface area (Å²) < 4.78 is 23.7. The molecule has 0 bridgehead atoms. The number of Topliss-reactive ketones (excluding diaryl/α,β-unsaturated/α-hetero) is 1. The molecule has 1 saturated heterocycles. The van der Waals surface area contributed by atoms with Crippen LogP contribution in [-0.2, 0) is 14.3 Å². The molecule has 1 aliphatic rings. The van der Waals surface area contributed by atoms with Crippen molar-refractivity contribution in [3.8, 4) is 0 Å². The van der Waals surface area contributed by atoms with E-state index in [1.54, 1.807) is 20.8 Å². The van der Waals surface area contributed by atoms with Gasteiger partial charge >= 0.3 is 0 Å². The Balaban J connectivity index is 1.78. The molecule has 1 aromatic carbocycles. The highest BCUT2D eigenvalue weighted by Crippen LogP contribution is 2.29. The van der Waals surface area contributed by atoms with Crippen molar-refractivity contribution in [1.29, 1.82) is 0 Å². The maximum absolute atomic E-state index is 13.4. The first-order valence-corrected chi connectivity index (χ1v) is 10.1. The Morgan fingerprint density at radius 3 is 2.50 bits per heavy atom. The zero-order valence-corrected chi connectivity index (χ0v) is 18.0. The van der Waals surface area contributed by atoms with Crippen molar-refractivity contribution < 1.29 is 28.2 Å². The first-order valence-electron chi connectivity index (χ1n) is 9.28. The lowest BCUT2D eigenvalue weighted by Gasteiger charge is -2.41.